The Morgan fingerprint density at radius 1 is 0.839 bits per heavy atom. The van der Waals surface area contributed by atoms with Crippen LogP contribution < -0.4 is 21.7 Å². The van der Waals surface area contributed by atoms with Gasteiger partial charge in [-0.1, -0.05) is 0 Å². The normalized spacial score (nSPS) is 14.6. The molecular weight excluding hydrogens is 468 g/mol. The van der Waals surface area contributed by atoms with E-state index < -0.39 is 60.2 Å². The van der Waals surface area contributed by atoms with E-state index in [0.717, 1.165) is 0 Å². The standard InChI is InChI=1S/C17H30N4O7S3/c1-30-5-3-9(18)14(24)20-11(7-13(22)23)16(26)19-10(4-6-31-2)15(25)21-12(8-29)17(27)28/h9-12,29H,3-8,18H2,1-2H3,(H,19,26)(H,20,24)(H,21,25)(H,22,23)(H,27,28). The number of amides is 3. The van der Waals surface area contributed by atoms with Gasteiger partial charge in [0.1, 0.15) is 18.1 Å². The molecule has 14 heteroatoms. The molecule has 11 nitrogen and oxygen atoms in total. The summed E-state index contributed by atoms with van der Waals surface area (Å²) in [6, 6.07) is -4.75. The molecule has 4 atom stereocenters. The quantitative estimate of drug-likeness (QED) is 0.127. The Balaban J connectivity index is 5.33. The predicted molar refractivity (Wildman–Crippen MR) is 124 cm³/mol. The van der Waals surface area contributed by atoms with Gasteiger partial charge in [0.15, 0.2) is 0 Å². The number of nitrogens with one attached hydrogen (secondary N) is 3. The Labute approximate surface area is 194 Å². The summed E-state index contributed by atoms with van der Waals surface area (Å²) < 4.78 is 0. The maximum atomic E-state index is 12.7. The van der Waals surface area contributed by atoms with E-state index in [1.54, 1.807) is 6.26 Å². The highest BCUT2D eigenvalue weighted by Crippen LogP contribution is 2.05. The van der Waals surface area contributed by atoms with Crippen molar-refractivity contribution < 1.29 is 34.2 Å². The Hall–Kier alpha value is -1.64. The number of thiol groups is 1. The third kappa shape index (κ3) is 12.1. The molecule has 0 spiro atoms. The van der Waals surface area contributed by atoms with Gasteiger partial charge in [-0.2, -0.15) is 36.2 Å². The second kappa shape index (κ2) is 16.1. The van der Waals surface area contributed by atoms with Gasteiger partial charge in [-0.3, -0.25) is 19.2 Å². The summed E-state index contributed by atoms with van der Waals surface area (Å²) in [4.78, 5) is 59.7. The molecule has 31 heavy (non-hydrogen) atoms. The number of carboxylic acid groups (broad SMARTS) is 2. The van der Waals surface area contributed by atoms with Crippen molar-refractivity contribution >= 4 is 65.8 Å². The number of nitrogens with two attached hydrogens (primary N) is 1. The van der Waals surface area contributed by atoms with Crippen molar-refractivity contribution in [2.45, 2.75) is 43.4 Å². The van der Waals surface area contributed by atoms with E-state index >= 15 is 0 Å². The van der Waals surface area contributed by atoms with Gasteiger partial charge in [0, 0.05) is 5.75 Å². The number of carbonyl (C=O) groups is 5. The summed E-state index contributed by atoms with van der Waals surface area (Å²) in [6.07, 6.45) is 3.42. The Morgan fingerprint density at radius 2 is 1.32 bits per heavy atom. The van der Waals surface area contributed by atoms with Gasteiger partial charge in [0.25, 0.3) is 0 Å². The topological polar surface area (TPSA) is 188 Å². The van der Waals surface area contributed by atoms with E-state index in [-0.39, 0.29) is 12.2 Å². The van der Waals surface area contributed by atoms with Crippen LogP contribution in [0.3, 0.4) is 0 Å². The Bertz CT molecular complexity index is 639. The van der Waals surface area contributed by atoms with E-state index in [0.29, 0.717) is 17.9 Å². The van der Waals surface area contributed by atoms with Crippen molar-refractivity contribution in [1.29, 1.82) is 0 Å². The lowest BCUT2D eigenvalue weighted by molar-refractivity contribution is -0.142. The number of hydrogen-bond donors (Lipinski definition) is 7. The van der Waals surface area contributed by atoms with Crippen LogP contribution in [0.15, 0.2) is 0 Å². The fourth-order valence-electron chi connectivity index (χ4n) is 2.27. The van der Waals surface area contributed by atoms with Crippen LogP contribution >= 0.6 is 36.2 Å². The molecular formula is C17H30N4O7S3. The maximum absolute atomic E-state index is 12.7. The van der Waals surface area contributed by atoms with E-state index in [2.05, 4.69) is 28.6 Å². The summed E-state index contributed by atoms with van der Waals surface area (Å²) >= 11 is 6.76. The number of carbonyl (C=O) groups excluding carboxylic acids is 3. The lowest BCUT2D eigenvalue weighted by atomic mass is 10.1. The van der Waals surface area contributed by atoms with Gasteiger partial charge in [0.05, 0.1) is 12.5 Å². The van der Waals surface area contributed by atoms with E-state index in [9.17, 15) is 24.0 Å². The van der Waals surface area contributed by atoms with Crippen molar-refractivity contribution in [3.05, 3.63) is 0 Å². The van der Waals surface area contributed by atoms with Crippen LogP contribution in [0.25, 0.3) is 0 Å². The summed E-state index contributed by atoms with van der Waals surface area (Å²) in [5.74, 6) is -4.01. The minimum absolute atomic E-state index is 0.157. The average Bonchev–Trinajstić information content (AvgIpc) is 2.71. The minimum atomic E-state index is -1.45. The van der Waals surface area contributed by atoms with Crippen LogP contribution in [-0.2, 0) is 24.0 Å². The molecule has 0 aromatic rings. The van der Waals surface area contributed by atoms with Gasteiger partial charge in [-0.15, -0.1) is 0 Å². The van der Waals surface area contributed by atoms with Gasteiger partial charge in [0.2, 0.25) is 17.7 Å². The maximum Gasteiger partial charge on any atom is 0.327 e. The Kier molecular flexibility index (Phi) is 15.2. The molecule has 0 saturated carbocycles. The minimum Gasteiger partial charge on any atom is -0.481 e. The molecule has 3 amide bonds. The molecule has 0 aliphatic heterocycles. The smallest absolute Gasteiger partial charge is 0.327 e. The molecule has 0 radical (unpaired) electrons. The predicted octanol–water partition coefficient (Wildman–Crippen LogP) is -1.24. The van der Waals surface area contributed by atoms with Crippen LogP contribution in [0.2, 0.25) is 0 Å². The van der Waals surface area contributed by atoms with Crippen molar-refractivity contribution in [1.82, 2.24) is 16.0 Å². The summed E-state index contributed by atoms with van der Waals surface area (Å²) in [6.45, 7) is 0. The third-order valence-electron chi connectivity index (χ3n) is 4.02. The second-order valence-corrected chi connectivity index (χ2v) is 8.81. The first kappa shape index (κ1) is 29.4. The molecule has 0 aromatic carbocycles. The molecule has 0 aromatic heterocycles. The SMILES string of the molecule is CSCCC(N)C(=O)NC(CC(=O)O)C(=O)NC(CCSC)C(=O)NC(CS)C(=O)O. The van der Waals surface area contributed by atoms with Gasteiger partial charge in [-0.05, 0) is 36.9 Å². The van der Waals surface area contributed by atoms with E-state index in [4.69, 9.17) is 15.9 Å². The van der Waals surface area contributed by atoms with Crippen LogP contribution in [-0.4, -0.2) is 93.8 Å². The lowest BCUT2D eigenvalue weighted by Crippen LogP contribution is -2.57. The zero-order chi connectivity index (χ0) is 24.0. The first-order valence-electron chi connectivity index (χ1n) is 9.27. The number of hydrogen-bond acceptors (Lipinski definition) is 9. The number of carboxylic acids is 2. The highest BCUT2D eigenvalue weighted by molar-refractivity contribution is 7.98. The lowest BCUT2D eigenvalue weighted by Gasteiger charge is -2.24. The highest BCUT2D eigenvalue weighted by Gasteiger charge is 2.31. The van der Waals surface area contributed by atoms with Gasteiger partial charge >= 0.3 is 11.9 Å². The molecule has 0 saturated heterocycles. The zero-order valence-electron chi connectivity index (χ0n) is 17.3. The van der Waals surface area contributed by atoms with E-state index in [1.807, 2.05) is 6.26 Å². The largest absolute Gasteiger partial charge is 0.481 e. The molecule has 0 rings (SSSR count). The van der Waals surface area contributed by atoms with Crippen molar-refractivity contribution in [2.24, 2.45) is 5.73 Å². The van der Waals surface area contributed by atoms with Crippen LogP contribution in [0.1, 0.15) is 19.3 Å². The second-order valence-electron chi connectivity index (χ2n) is 6.47. The number of aliphatic carboxylic acids is 2. The summed E-state index contributed by atoms with van der Waals surface area (Å²) in [7, 11) is 0. The van der Waals surface area contributed by atoms with Crippen LogP contribution in [0.4, 0.5) is 0 Å². The van der Waals surface area contributed by atoms with Crippen molar-refractivity contribution in [3.63, 3.8) is 0 Å². The average molecular weight is 499 g/mol. The fraction of sp³-hybridized carbons (Fsp3) is 0.706. The number of thioether (sulfide) groups is 2. The van der Waals surface area contributed by atoms with E-state index in [1.165, 1.54) is 23.5 Å². The molecule has 178 valence electrons. The van der Waals surface area contributed by atoms with Crippen molar-refractivity contribution in [2.75, 3.05) is 29.8 Å². The van der Waals surface area contributed by atoms with Gasteiger partial charge < -0.3 is 31.9 Å². The van der Waals surface area contributed by atoms with Crippen molar-refractivity contribution in [3.8, 4) is 0 Å². The molecule has 0 heterocycles. The fourth-order valence-corrected chi connectivity index (χ4v) is 3.48. The third-order valence-corrected chi connectivity index (χ3v) is 5.68. The monoisotopic (exact) mass is 498 g/mol. The number of rotatable bonds is 16. The summed E-state index contributed by atoms with van der Waals surface area (Å²) in [5, 5.41) is 25.2. The molecule has 0 aliphatic rings. The molecule has 0 fully saturated rings. The summed E-state index contributed by atoms with van der Waals surface area (Å²) in [5.41, 5.74) is 5.76. The highest BCUT2D eigenvalue weighted by atomic mass is 32.2. The zero-order valence-corrected chi connectivity index (χ0v) is 19.9. The molecule has 7 N–H and O–H groups in total. The first-order chi connectivity index (χ1) is 14.6. The van der Waals surface area contributed by atoms with Crippen LogP contribution in [0, 0.1) is 0 Å². The van der Waals surface area contributed by atoms with Gasteiger partial charge in [-0.25, -0.2) is 4.79 Å². The first-order valence-corrected chi connectivity index (χ1v) is 12.7. The molecule has 4 unspecified atom stereocenters. The molecule has 0 aliphatic carbocycles. The van der Waals surface area contributed by atoms with Crippen LogP contribution in [0.5, 0.6) is 0 Å². The molecule has 0 bridgehead atoms. The Morgan fingerprint density at radius 3 is 1.81 bits per heavy atom.